The van der Waals surface area contributed by atoms with Crippen molar-refractivity contribution in [3.8, 4) is 0 Å². The Labute approximate surface area is 111 Å². The molecule has 1 heterocycles. The Kier molecular flexibility index (Phi) is 6.90. The van der Waals surface area contributed by atoms with E-state index in [0.717, 1.165) is 6.61 Å². The summed E-state index contributed by atoms with van der Waals surface area (Å²) in [4.78, 5) is 0. The average molecular weight is 259 g/mol. The zero-order valence-corrected chi connectivity index (χ0v) is 12.7. The third-order valence-electron chi connectivity index (χ3n) is 3.23. The Bertz CT molecular complexity index is 197. The van der Waals surface area contributed by atoms with E-state index in [-0.39, 0.29) is 0 Å². The van der Waals surface area contributed by atoms with Gasteiger partial charge in [0, 0.05) is 23.1 Å². The van der Waals surface area contributed by atoms with Crippen molar-refractivity contribution in [2.75, 3.05) is 19.4 Å². The maximum Gasteiger partial charge on any atom is 0.0576 e. The predicted molar refractivity (Wildman–Crippen MR) is 77.9 cm³/mol. The van der Waals surface area contributed by atoms with Gasteiger partial charge < -0.3 is 10.1 Å². The van der Waals surface area contributed by atoms with E-state index in [1.165, 1.54) is 37.9 Å². The highest BCUT2D eigenvalue weighted by molar-refractivity contribution is 8.00. The van der Waals surface area contributed by atoms with E-state index in [4.69, 9.17) is 4.74 Å². The monoisotopic (exact) mass is 259 g/mol. The van der Waals surface area contributed by atoms with Crippen LogP contribution in [0.15, 0.2) is 0 Å². The van der Waals surface area contributed by atoms with E-state index < -0.39 is 0 Å². The quantitative estimate of drug-likeness (QED) is 0.756. The molecule has 1 aliphatic rings. The van der Waals surface area contributed by atoms with Crippen molar-refractivity contribution < 1.29 is 4.74 Å². The smallest absolute Gasteiger partial charge is 0.0576 e. The lowest BCUT2D eigenvalue weighted by Gasteiger charge is -2.23. The first-order chi connectivity index (χ1) is 8.01. The molecule has 1 saturated heterocycles. The van der Waals surface area contributed by atoms with Crippen molar-refractivity contribution in [1.82, 2.24) is 5.32 Å². The molecule has 1 N–H and O–H groups in total. The lowest BCUT2D eigenvalue weighted by molar-refractivity contribution is 0.101. The number of ether oxygens (including phenoxy) is 1. The number of thioether (sulfide) groups is 1. The van der Waals surface area contributed by atoms with Crippen molar-refractivity contribution in [2.45, 2.75) is 69.8 Å². The molecule has 1 aliphatic heterocycles. The van der Waals surface area contributed by atoms with Crippen LogP contribution in [0.4, 0.5) is 0 Å². The summed E-state index contributed by atoms with van der Waals surface area (Å²) in [5.41, 5.74) is 0. The molecular formula is C14H29NOS. The molecule has 0 radical (unpaired) electrons. The normalized spacial score (nSPS) is 22.9. The lowest BCUT2D eigenvalue weighted by Crippen LogP contribution is -2.29. The van der Waals surface area contributed by atoms with Crippen LogP contribution in [0.2, 0.25) is 0 Å². The maximum absolute atomic E-state index is 5.66. The van der Waals surface area contributed by atoms with Gasteiger partial charge in [0.2, 0.25) is 0 Å². The molecule has 2 atom stereocenters. The summed E-state index contributed by atoms with van der Waals surface area (Å²) in [5, 5.41) is 3.44. The Morgan fingerprint density at radius 2 is 2.18 bits per heavy atom. The SMILES string of the molecule is CNC(CCCC1CCCO1)CSC(C)(C)C. The Balaban J connectivity index is 2.09. The molecule has 0 aromatic heterocycles. The second-order valence-corrected chi connectivity index (χ2v) is 7.82. The molecule has 0 saturated carbocycles. The summed E-state index contributed by atoms with van der Waals surface area (Å²) in [6.45, 7) is 7.85. The van der Waals surface area contributed by atoms with E-state index in [1.54, 1.807) is 0 Å². The molecule has 0 aliphatic carbocycles. The minimum Gasteiger partial charge on any atom is -0.378 e. The van der Waals surface area contributed by atoms with Crippen molar-refractivity contribution in [2.24, 2.45) is 0 Å². The van der Waals surface area contributed by atoms with Gasteiger partial charge in [0.15, 0.2) is 0 Å². The fourth-order valence-electron chi connectivity index (χ4n) is 2.13. The molecule has 0 aromatic rings. The van der Waals surface area contributed by atoms with Crippen molar-refractivity contribution in [3.05, 3.63) is 0 Å². The molecule has 102 valence electrons. The maximum atomic E-state index is 5.66. The second-order valence-electron chi connectivity index (χ2n) is 5.97. The number of nitrogens with one attached hydrogen (secondary N) is 1. The topological polar surface area (TPSA) is 21.3 Å². The van der Waals surface area contributed by atoms with Crippen LogP contribution in [0.1, 0.15) is 52.9 Å². The molecule has 0 aromatic carbocycles. The zero-order valence-electron chi connectivity index (χ0n) is 11.9. The van der Waals surface area contributed by atoms with Crippen molar-refractivity contribution in [1.29, 1.82) is 0 Å². The van der Waals surface area contributed by atoms with Gasteiger partial charge in [-0.1, -0.05) is 20.8 Å². The van der Waals surface area contributed by atoms with Crippen LogP contribution in [-0.2, 0) is 4.74 Å². The molecule has 17 heavy (non-hydrogen) atoms. The Morgan fingerprint density at radius 3 is 2.71 bits per heavy atom. The standard InChI is InChI=1S/C14H29NOS/c1-14(2,3)17-11-12(15-4)7-5-8-13-9-6-10-16-13/h12-13,15H,5-11H2,1-4H3. The fourth-order valence-corrected chi connectivity index (χ4v) is 3.16. The van der Waals surface area contributed by atoms with Crippen LogP contribution in [0.25, 0.3) is 0 Å². The second kappa shape index (κ2) is 7.65. The van der Waals surface area contributed by atoms with Crippen LogP contribution >= 0.6 is 11.8 Å². The molecule has 2 nitrogen and oxygen atoms in total. The lowest BCUT2D eigenvalue weighted by atomic mass is 10.1. The van der Waals surface area contributed by atoms with Crippen LogP contribution in [0.5, 0.6) is 0 Å². The first-order valence-electron chi connectivity index (χ1n) is 6.94. The van der Waals surface area contributed by atoms with E-state index in [0.29, 0.717) is 16.9 Å². The summed E-state index contributed by atoms with van der Waals surface area (Å²) in [6.07, 6.45) is 6.92. The minimum atomic E-state index is 0.379. The van der Waals surface area contributed by atoms with E-state index in [1.807, 2.05) is 0 Å². The minimum absolute atomic E-state index is 0.379. The molecule has 0 amide bonds. The van der Waals surface area contributed by atoms with Gasteiger partial charge in [-0.15, -0.1) is 0 Å². The molecule has 1 fully saturated rings. The highest BCUT2D eigenvalue weighted by Crippen LogP contribution is 2.25. The van der Waals surface area contributed by atoms with Crippen LogP contribution in [-0.4, -0.2) is 36.3 Å². The average Bonchev–Trinajstić information content (AvgIpc) is 2.74. The first kappa shape index (κ1) is 15.3. The van der Waals surface area contributed by atoms with Gasteiger partial charge in [0.25, 0.3) is 0 Å². The first-order valence-corrected chi connectivity index (χ1v) is 7.92. The molecule has 0 bridgehead atoms. The fraction of sp³-hybridized carbons (Fsp3) is 1.00. The summed E-state index contributed by atoms with van der Waals surface area (Å²) in [5.74, 6) is 1.21. The van der Waals surface area contributed by atoms with Crippen molar-refractivity contribution in [3.63, 3.8) is 0 Å². The Hall–Kier alpha value is 0.270. The molecule has 0 spiro atoms. The van der Waals surface area contributed by atoms with Gasteiger partial charge in [-0.3, -0.25) is 0 Å². The zero-order chi connectivity index (χ0) is 12.7. The van der Waals surface area contributed by atoms with Crippen LogP contribution in [0, 0.1) is 0 Å². The number of hydrogen-bond acceptors (Lipinski definition) is 3. The van der Waals surface area contributed by atoms with Gasteiger partial charge in [-0.05, 0) is 39.2 Å². The number of hydrogen-bond donors (Lipinski definition) is 1. The van der Waals surface area contributed by atoms with E-state index in [2.05, 4.69) is 44.9 Å². The van der Waals surface area contributed by atoms with E-state index in [9.17, 15) is 0 Å². The Morgan fingerprint density at radius 1 is 1.41 bits per heavy atom. The van der Waals surface area contributed by atoms with Gasteiger partial charge in [-0.25, -0.2) is 0 Å². The molecule has 1 rings (SSSR count). The van der Waals surface area contributed by atoms with E-state index >= 15 is 0 Å². The van der Waals surface area contributed by atoms with Gasteiger partial charge in [0.05, 0.1) is 6.10 Å². The summed E-state index contributed by atoms with van der Waals surface area (Å²) >= 11 is 2.06. The van der Waals surface area contributed by atoms with Gasteiger partial charge >= 0.3 is 0 Å². The van der Waals surface area contributed by atoms with Crippen LogP contribution in [0.3, 0.4) is 0 Å². The highest BCUT2D eigenvalue weighted by Gasteiger charge is 2.17. The predicted octanol–water partition coefficient (Wildman–Crippen LogP) is 3.46. The molecule has 2 unspecified atom stereocenters. The summed E-state index contributed by atoms with van der Waals surface area (Å²) in [7, 11) is 2.08. The third kappa shape index (κ3) is 7.32. The highest BCUT2D eigenvalue weighted by atomic mass is 32.2. The summed E-state index contributed by atoms with van der Waals surface area (Å²) in [6, 6.07) is 0.653. The molecular weight excluding hydrogens is 230 g/mol. The molecule has 3 heteroatoms. The number of rotatable bonds is 7. The summed E-state index contributed by atoms with van der Waals surface area (Å²) < 4.78 is 6.04. The van der Waals surface area contributed by atoms with Crippen molar-refractivity contribution >= 4 is 11.8 Å². The van der Waals surface area contributed by atoms with Gasteiger partial charge in [-0.2, -0.15) is 11.8 Å². The largest absolute Gasteiger partial charge is 0.378 e. The van der Waals surface area contributed by atoms with Gasteiger partial charge in [0.1, 0.15) is 0 Å². The van der Waals surface area contributed by atoms with Crippen LogP contribution < -0.4 is 5.32 Å². The third-order valence-corrected chi connectivity index (χ3v) is 4.66.